The number of hydrogen-bond donors (Lipinski definition) is 4. The zero-order valence-corrected chi connectivity index (χ0v) is 14.0. The lowest BCUT2D eigenvalue weighted by Crippen LogP contribution is -2.33. The van der Waals surface area contributed by atoms with Crippen LogP contribution in [0.15, 0.2) is 12.1 Å². The standard InChI is InChI=1S/C17H29N3O2/c1-13-10-14(2)16(15(3)11-13)12-20-9-8-19-7-6-18-5-4-17(21)22/h10-11,18-20H,4-9,12H2,1-3H3,(H,21,22). The molecule has 0 aliphatic carbocycles. The van der Waals surface area contributed by atoms with E-state index in [9.17, 15) is 4.79 Å². The van der Waals surface area contributed by atoms with Gasteiger partial charge in [0.15, 0.2) is 0 Å². The topological polar surface area (TPSA) is 73.4 Å². The molecule has 0 radical (unpaired) electrons. The summed E-state index contributed by atoms with van der Waals surface area (Å²) in [5.74, 6) is -0.758. The van der Waals surface area contributed by atoms with Crippen molar-refractivity contribution >= 4 is 5.97 Å². The first-order chi connectivity index (χ1) is 10.5. The Bertz CT molecular complexity index is 452. The Morgan fingerprint density at radius 3 is 1.95 bits per heavy atom. The fourth-order valence-corrected chi connectivity index (χ4v) is 2.50. The highest BCUT2D eigenvalue weighted by molar-refractivity contribution is 5.66. The number of rotatable bonds is 11. The Labute approximate surface area is 133 Å². The molecule has 0 aromatic heterocycles. The van der Waals surface area contributed by atoms with E-state index in [0.29, 0.717) is 6.54 Å². The van der Waals surface area contributed by atoms with Crippen molar-refractivity contribution in [1.29, 1.82) is 0 Å². The Balaban J connectivity index is 2.05. The minimum absolute atomic E-state index is 0.177. The Morgan fingerprint density at radius 2 is 1.41 bits per heavy atom. The lowest BCUT2D eigenvalue weighted by molar-refractivity contribution is -0.136. The molecule has 0 spiro atoms. The van der Waals surface area contributed by atoms with E-state index in [4.69, 9.17) is 5.11 Å². The summed E-state index contributed by atoms with van der Waals surface area (Å²) in [5, 5.41) is 18.4. The van der Waals surface area contributed by atoms with Gasteiger partial charge in [-0.05, 0) is 37.5 Å². The zero-order valence-electron chi connectivity index (χ0n) is 14.0. The molecule has 0 amide bonds. The molecule has 0 saturated carbocycles. The van der Waals surface area contributed by atoms with Crippen molar-refractivity contribution in [2.24, 2.45) is 0 Å². The van der Waals surface area contributed by atoms with Gasteiger partial charge in [-0.15, -0.1) is 0 Å². The van der Waals surface area contributed by atoms with E-state index in [1.807, 2.05) is 0 Å². The number of benzene rings is 1. The number of nitrogens with one attached hydrogen (secondary N) is 3. The lowest BCUT2D eigenvalue weighted by Gasteiger charge is -2.12. The highest BCUT2D eigenvalue weighted by Gasteiger charge is 2.03. The maximum atomic E-state index is 10.3. The number of aryl methyl sites for hydroxylation is 3. The van der Waals surface area contributed by atoms with Crippen molar-refractivity contribution in [2.75, 3.05) is 32.7 Å². The molecular formula is C17H29N3O2. The molecule has 0 saturated heterocycles. The third-order valence-electron chi connectivity index (χ3n) is 3.61. The molecule has 1 aromatic rings. The first-order valence-electron chi connectivity index (χ1n) is 7.91. The van der Waals surface area contributed by atoms with Crippen LogP contribution in [0.2, 0.25) is 0 Å². The van der Waals surface area contributed by atoms with E-state index in [1.54, 1.807) is 0 Å². The van der Waals surface area contributed by atoms with Gasteiger partial charge >= 0.3 is 5.97 Å². The van der Waals surface area contributed by atoms with Crippen molar-refractivity contribution in [3.8, 4) is 0 Å². The molecule has 22 heavy (non-hydrogen) atoms. The minimum atomic E-state index is -0.758. The van der Waals surface area contributed by atoms with Gasteiger partial charge in [-0.3, -0.25) is 4.79 Å². The average Bonchev–Trinajstić information content (AvgIpc) is 2.42. The molecule has 0 heterocycles. The summed E-state index contributed by atoms with van der Waals surface area (Å²) < 4.78 is 0. The summed E-state index contributed by atoms with van der Waals surface area (Å²) in [4.78, 5) is 10.3. The summed E-state index contributed by atoms with van der Waals surface area (Å²) in [7, 11) is 0. The highest BCUT2D eigenvalue weighted by atomic mass is 16.4. The largest absolute Gasteiger partial charge is 0.481 e. The summed E-state index contributed by atoms with van der Waals surface area (Å²) in [6, 6.07) is 4.45. The second-order valence-corrected chi connectivity index (χ2v) is 5.70. The van der Waals surface area contributed by atoms with Gasteiger partial charge in [0.1, 0.15) is 0 Å². The molecule has 0 aliphatic heterocycles. The first kappa shape index (κ1) is 18.6. The maximum Gasteiger partial charge on any atom is 0.304 e. The Kier molecular flexibility index (Phi) is 8.74. The molecule has 124 valence electrons. The van der Waals surface area contributed by atoms with Crippen LogP contribution in [-0.2, 0) is 11.3 Å². The van der Waals surface area contributed by atoms with Gasteiger partial charge < -0.3 is 21.1 Å². The van der Waals surface area contributed by atoms with E-state index in [-0.39, 0.29) is 6.42 Å². The normalized spacial score (nSPS) is 10.9. The summed E-state index contributed by atoms with van der Waals surface area (Å²) in [6.07, 6.45) is 0.177. The fraction of sp³-hybridized carbons (Fsp3) is 0.588. The van der Waals surface area contributed by atoms with Crippen molar-refractivity contribution in [1.82, 2.24) is 16.0 Å². The Morgan fingerprint density at radius 1 is 0.909 bits per heavy atom. The molecule has 0 unspecified atom stereocenters. The van der Waals surface area contributed by atoms with Crippen LogP contribution in [0.4, 0.5) is 0 Å². The van der Waals surface area contributed by atoms with E-state index in [1.165, 1.54) is 22.3 Å². The minimum Gasteiger partial charge on any atom is -0.481 e. The number of carboxylic acid groups (broad SMARTS) is 1. The van der Waals surface area contributed by atoms with Gasteiger partial charge in [0.2, 0.25) is 0 Å². The van der Waals surface area contributed by atoms with Crippen LogP contribution in [0.25, 0.3) is 0 Å². The lowest BCUT2D eigenvalue weighted by atomic mass is 10.00. The quantitative estimate of drug-likeness (QED) is 0.465. The van der Waals surface area contributed by atoms with Crippen LogP contribution in [-0.4, -0.2) is 43.8 Å². The molecule has 0 bridgehead atoms. The fourth-order valence-electron chi connectivity index (χ4n) is 2.50. The predicted molar refractivity (Wildman–Crippen MR) is 90.4 cm³/mol. The predicted octanol–water partition coefficient (Wildman–Crippen LogP) is 1.36. The van der Waals surface area contributed by atoms with Gasteiger partial charge in [0.25, 0.3) is 0 Å². The van der Waals surface area contributed by atoms with Crippen LogP contribution in [0.5, 0.6) is 0 Å². The molecule has 0 aliphatic rings. The SMILES string of the molecule is Cc1cc(C)c(CNCCNCCNCCC(=O)O)c(C)c1. The third kappa shape index (κ3) is 7.54. The number of carboxylic acids is 1. The van der Waals surface area contributed by atoms with Gasteiger partial charge in [-0.2, -0.15) is 0 Å². The van der Waals surface area contributed by atoms with E-state index in [0.717, 1.165) is 32.7 Å². The van der Waals surface area contributed by atoms with Crippen LogP contribution >= 0.6 is 0 Å². The summed E-state index contributed by atoms with van der Waals surface area (Å²) in [6.45, 7) is 11.4. The van der Waals surface area contributed by atoms with Crippen molar-refractivity contribution < 1.29 is 9.90 Å². The van der Waals surface area contributed by atoms with E-state index in [2.05, 4.69) is 48.9 Å². The number of aliphatic carboxylic acids is 1. The summed E-state index contributed by atoms with van der Waals surface area (Å²) >= 11 is 0. The van der Waals surface area contributed by atoms with Crippen LogP contribution in [0, 0.1) is 20.8 Å². The van der Waals surface area contributed by atoms with Gasteiger partial charge in [0, 0.05) is 39.3 Å². The second-order valence-electron chi connectivity index (χ2n) is 5.70. The van der Waals surface area contributed by atoms with Gasteiger partial charge in [-0.1, -0.05) is 17.7 Å². The van der Waals surface area contributed by atoms with Crippen LogP contribution in [0.1, 0.15) is 28.7 Å². The molecular weight excluding hydrogens is 278 g/mol. The van der Waals surface area contributed by atoms with Crippen LogP contribution in [0.3, 0.4) is 0 Å². The van der Waals surface area contributed by atoms with E-state index >= 15 is 0 Å². The van der Waals surface area contributed by atoms with Crippen LogP contribution < -0.4 is 16.0 Å². The molecule has 0 fully saturated rings. The van der Waals surface area contributed by atoms with Crippen molar-refractivity contribution in [2.45, 2.75) is 33.7 Å². The van der Waals surface area contributed by atoms with Crippen molar-refractivity contribution in [3.05, 3.63) is 34.4 Å². The highest BCUT2D eigenvalue weighted by Crippen LogP contribution is 2.15. The first-order valence-corrected chi connectivity index (χ1v) is 7.91. The number of carbonyl (C=O) groups is 1. The third-order valence-corrected chi connectivity index (χ3v) is 3.61. The molecule has 4 N–H and O–H groups in total. The molecule has 1 rings (SSSR count). The smallest absolute Gasteiger partial charge is 0.304 e. The molecule has 0 atom stereocenters. The molecule has 5 heteroatoms. The number of hydrogen-bond acceptors (Lipinski definition) is 4. The molecule has 5 nitrogen and oxygen atoms in total. The average molecular weight is 307 g/mol. The van der Waals surface area contributed by atoms with Gasteiger partial charge in [-0.25, -0.2) is 0 Å². The van der Waals surface area contributed by atoms with E-state index < -0.39 is 5.97 Å². The van der Waals surface area contributed by atoms with Crippen molar-refractivity contribution in [3.63, 3.8) is 0 Å². The monoisotopic (exact) mass is 307 g/mol. The second kappa shape index (κ2) is 10.3. The molecule has 1 aromatic carbocycles. The maximum absolute atomic E-state index is 10.3. The van der Waals surface area contributed by atoms with Gasteiger partial charge in [0.05, 0.1) is 6.42 Å². The Hall–Kier alpha value is -1.43. The zero-order chi connectivity index (χ0) is 16.4. The summed E-state index contributed by atoms with van der Waals surface area (Å²) in [5.41, 5.74) is 5.40.